The molecule has 1 aliphatic rings. The molecule has 0 radical (unpaired) electrons. The summed E-state index contributed by atoms with van der Waals surface area (Å²) < 4.78 is 7.25. The summed E-state index contributed by atoms with van der Waals surface area (Å²) in [4.78, 5) is 29.5. The van der Waals surface area contributed by atoms with Crippen molar-refractivity contribution < 1.29 is 14.3 Å². The number of carbonyl (C=O) groups excluding carboxylic acids is 2. The van der Waals surface area contributed by atoms with E-state index in [1.54, 1.807) is 23.2 Å². The van der Waals surface area contributed by atoms with Crippen LogP contribution in [0.25, 0.3) is 10.4 Å². The van der Waals surface area contributed by atoms with Crippen molar-refractivity contribution in [2.24, 2.45) is 0 Å². The Morgan fingerprint density at radius 1 is 1.03 bits per heavy atom. The van der Waals surface area contributed by atoms with Crippen LogP contribution in [0.4, 0.5) is 5.00 Å². The van der Waals surface area contributed by atoms with Gasteiger partial charge in [-0.1, -0.05) is 42.5 Å². The van der Waals surface area contributed by atoms with E-state index in [-0.39, 0.29) is 11.8 Å². The number of benzene rings is 2. The number of hydrogen-bond donors (Lipinski definition) is 1. The van der Waals surface area contributed by atoms with E-state index in [2.05, 4.69) is 10.4 Å². The van der Waals surface area contributed by atoms with Crippen molar-refractivity contribution in [1.29, 1.82) is 0 Å². The molecule has 0 aliphatic carbocycles. The molecule has 1 N–H and O–H groups in total. The van der Waals surface area contributed by atoms with Crippen LogP contribution in [-0.4, -0.2) is 52.8 Å². The van der Waals surface area contributed by atoms with Crippen LogP contribution in [0.2, 0.25) is 0 Å². The standard InChI is InChI=1S/C27H26N4O3S/c1-19-23(27(33)30-14-16-34-17-15-30)26(35-24(19)21-6-3-2-4-7-21)29-25(32)22-10-8-20(9-11-22)18-31-13-5-12-28-31/h2-13H,14-18H2,1H3,(H,29,32). The number of ether oxygens (including phenoxy) is 1. The Kier molecular flexibility index (Phi) is 6.74. The monoisotopic (exact) mass is 486 g/mol. The molecule has 2 aromatic heterocycles. The number of aromatic nitrogens is 2. The Morgan fingerprint density at radius 3 is 2.46 bits per heavy atom. The maximum atomic E-state index is 13.5. The Morgan fingerprint density at radius 2 is 1.77 bits per heavy atom. The Hall–Kier alpha value is -3.75. The SMILES string of the molecule is Cc1c(-c2ccccc2)sc(NC(=O)c2ccc(Cn3cccn3)cc2)c1C(=O)N1CCOCC1. The first kappa shape index (κ1) is 23.0. The fourth-order valence-electron chi connectivity index (χ4n) is 4.17. The average molecular weight is 487 g/mol. The third-order valence-corrected chi connectivity index (χ3v) is 7.30. The zero-order valence-electron chi connectivity index (χ0n) is 19.4. The van der Waals surface area contributed by atoms with E-state index in [9.17, 15) is 9.59 Å². The minimum Gasteiger partial charge on any atom is -0.378 e. The maximum Gasteiger partial charge on any atom is 0.257 e. The van der Waals surface area contributed by atoms with Crippen molar-refractivity contribution in [1.82, 2.24) is 14.7 Å². The summed E-state index contributed by atoms with van der Waals surface area (Å²) in [7, 11) is 0. The second-order valence-corrected chi connectivity index (χ2v) is 9.41. The highest BCUT2D eigenvalue weighted by Crippen LogP contribution is 2.40. The molecule has 5 rings (SSSR count). The van der Waals surface area contributed by atoms with E-state index in [1.807, 2.05) is 66.3 Å². The van der Waals surface area contributed by atoms with E-state index in [1.165, 1.54) is 11.3 Å². The van der Waals surface area contributed by atoms with Crippen molar-refractivity contribution in [3.8, 4) is 10.4 Å². The van der Waals surface area contributed by atoms with E-state index in [4.69, 9.17) is 4.74 Å². The fraction of sp³-hybridized carbons (Fsp3) is 0.222. The largest absolute Gasteiger partial charge is 0.378 e. The molecule has 1 saturated heterocycles. The van der Waals surface area contributed by atoms with Gasteiger partial charge in [-0.25, -0.2) is 0 Å². The highest BCUT2D eigenvalue weighted by atomic mass is 32.1. The zero-order valence-corrected chi connectivity index (χ0v) is 20.3. The molecule has 178 valence electrons. The molecule has 35 heavy (non-hydrogen) atoms. The molecule has 3 heterocycles. The molecule has 8 heteroatoms. The highest BCUT2D eigenvalue weighted by Gasteiger charge is 2.28. The summed E-state index contributed by atoms with van der Waals surface area (Å²) in [5.41, 5.74) is 4.04. The summed E-state index contributed by atoms with van der Waals surface area (Å²) in [6.45, 7) is 4.71. The van der Waals surface area contributed by atoms with Gasteiger partial charge >= 0.3 is 0 Å². The second kappa shape index (κ2) is 10.2. The lowest BCUT2D eigenvalue weighted by atomic mass is 10.1. The molecule has 0 saturated carbocycles. The fourth-order valence-corrected chi connectivity index (χ4v) is 5.37. The molecule has 4 aromatic rings. The Bertz CT molecular complexity index is 1310. The molecular weight excluding hydrogens is 460 g/mol. The summed E-state index contributed by atoms with van der Waals surface area (Å²) in [5, 5.41) is 7.82. The summed E-state index contributed by atoms with van der Waals surface area (Å²) >= 11 is 1.44. The van der Waals surface area contributed by atoms with Gasteiger partial charge < -0.3 is 15.0 Å². The lowest BCUT2D eigenvalue weighted by Gasteiger charge is -2.27. The van der Waals surface area contributed by atoms with Crippen molar-refractivity contribution >= 4 is 28.2 Å². The van der Waals surface area contributed by atoms with Gasteiger partial charge in [0, 0.05) is 35.9 Å². The van der Waals surface area contributed by atoms with E-state index < -0.39 is 0 Å². The van der Waals surface area contributed by atoms with Gasteiger partial charge in [-0.15, -0.1) is 11.3 Å². The van der Waals surface area contributed by atoms with Gasteiger partial charge in [-0.05, 0) is 41.8 Å². The van der Waals surface area contributed by atoms with Crippen LogP contribution in [0.1, 0.15) is 31.8 Å². The first-order valence-electron chi connectivity index (χ1n) is 11.5. The Balaban J connectivity index is 1.42. The lowest BCUT2D eigenvalue weighted by Crippen LogP contribution is -2.41. The van der Waals surface area contributed by atoms with E-state index in [0.717, 1.165) is 21.6 Å². The van der Waals surface area contributed by atoms with Crippen LogP contribution >= 0.6 is 11.3 Å². The third-order valence-electron chi connectivity index (χ3n) is 6.04. The van der Waals surface area contributed by atoms with Crippen LogP contribution in [0.3, 0.4) is 0 Å². The smallest absolute Gasteiger partial charge is 0.257 e. The number of amides is 2. The number of morpholine rings is 1. The topological polar surface area (TPSA) is 76.5 Å². The number of thiophene rings is 1. The molecule has 1 fully saturated rings. The van der Waals surface area contributed by atoms with Crippen LogP contribution in [0, 0.1) is 6.92 Å². The van der Waals surface area contributed by atoms with Gasteiger partial charge in [0.2, 0.25) is 0 Å². The summed E-state index contributed by atoms with van der Waals surface area (Å²) in [6.07, 6.45) is 3.64. The summed E-state index contributed by atoms with van der Waals surface area (Å²) in [6, 6.07) is 19.3. The van der Waals surface area contributed by atoms with Gasteiger partial charge in [-0.3, -0.25) is 14.3 Å². The number of hydrogen-bond acceptors (Lipinski definition) is 5. The number of anilines is 1. The molecule has 1 aliphatic heterocycles. The lowest BCUT2D eigenvalue weighted by molar-refractivity contribution is 0.0303. The molecule has 0 atom stereocenters. The van der Waals surface area contributed by atoms with Gasteiger partial charge in [-0.2, -0.15) is 5.10 Å². The molecule has 2 aromatic carbocycles. The molecular formula is C27H26N4O3S. The van der Waals surface area contributed by atoms with Gasteiger partial charge in [0.15, 0.2) is 0 Å². The first-order chi connectivity index (χ1) is 17.1. The van der Waals surface area contributed by atoms with Crippen molar-refractivity contribution in [2.45, 2.75) is 13.5 Å². The molecule has 0 spiro atoms. The van der Waals surface area contributed by atoms with Gasteiger partial charge in [0.05, 0.1) is 25.3 Å². The first-order valence-corrected chi connectivity index (χ1v) is 12.4. The molecule has 7 nitrogen and oxygen atoms in total. The second-order valence-electron chi connectivity index (χ2n) is 8.39. The van der Waals surface area contributed by atoms with Crippen molar-refractivity contribution in [3.63, 3.8) is 0 Å². The average Bonchev–Trinajstić information content (AvgIpc) is 3.52. The minimum atomic E-state index is -0.243. The Labute approximate surface area is 208 Å². The van der Waals surface area contributed by atoms with E-state index in [0.29, 0.717) is 49.0 Å². The molecule has 0 bridgehead atoms. The predicted molar refractivity (Wildman–Crippen MR) is 137 cm³/mol. The van der Waals surface area contributed by atoms with Gasteiger partial charge in [0.25, 0.3) is 11.8 Å². The molecule has 0 unspecified atom stereocenters. The maximum absolute atomic E-state index is 13.5. The highest BCUT2D eigenvalue weighted by molar-refractivity contribution is 7.20. The number of nitrogens with one attached hydrogen (secondary N) is 1. The third kappa shape index (κ3) is 5.03. The number of nitrogens with zero attached hydrogens (tertiary/aromatic N) is 3. The quantitative estimate of drug-likeness (QED) is 0.429. The zero-order chi connectivity index (χ0) is 24.2. The van der Waals surface area contributed by atoms with Crippen LogP contribution in [0.5, 0.6) is 0 Å². The van der Waals surface area contributed by atoms with Crippen LogP contribution in [-0.2, 0) is 11.3 Å². The van der Waals surface area contributed by atoms with Gasteiger partial charge in [0.1, 0.15) is 5.00 Å². The van der Waals surface area contributed by atoms with Crippen LogP contribution in [0.15, 0.2) is 73.1 Å². The van der Waals surface area contributed by atoms with E-state index >= 15 is 0 Å². The van der Waals surface area contributed by atoms with Crippen molar-refractivity contribution in [2.75, 3.05) is 31.6 Å². The van der Waals surface area contributed by atoms with Crippen molar-refractivity contribution in [3.05, 3.63) is 95.3 Å². The predicted octanol–water partition coefficient (Wildman–Crippen LogP) is 4.69. The normalized spacial score (nSPS) is 13.6. The van der Waals surface area contributed by atoms with Crippen LogP contribution < -0.4 is 5.32 Å². The number of carbonyl (C=O) groups is 2. The molecule has 2 amide bonds. The summed E-state index contributed by atoms with van der Waals surface area (Å²) in [5.74, 6) is -0.318. The number of rotatable bonds is 6. The minimum absolute atomic E-state index is 0.0749.